The average Bonchev–Trinajstić information content (AvgIpc) is 2.46. The van der Waals surface area contributed by atoms with Crippen molar-refractivity contribution in [2.24, 2.45) is 11.8 Å². The topological polar surface area (TPSA) is 23.5 Å². The molecule has 0 aromatic heterocycles. The predicted molar refractivity (Wildman–Crippen MR) is 74.6 cm³/mol. The number of benzene rings is 1. The van der Waals surface area contributed by atoms with Crippen LogP contribution in [0, 0.1) is 11.8 Å². The van der Waals surface area contributed by atoms with Crippen molar-refractivity contribution in [1.29, 1.82) is 0 Å². The second-order valence-corrected chi connectivity index (χ2v) is 5.83. The number of piperidine rings is 1. The highest BCUT2D eigenvalue weighted by molar-refractivity contribution is 5.53. The summed E-state index contributed by atoms with van der Waals surface area (Å²) >= 11 is 0. The highest BCUT2D eigenvalue weighted by Gasteiger charge is 2.31. The molecule has 1 N–H and O–H groups in total. The summed E-state index contributed by atoms with van der Waals surface area (Å²) in [5.41, 5.74) is 2.33. The van der Waals surface area contributed by atoms with Gasteiger partial charge in [0.2, 0.25) is 0 Å². The fourth-order valence-corrected chi connectivity index (χ4v) is 3.77. The molecule has 0 amide bonds. The molecule has 0 spiro atoms. The molecule has 0 bridgehead atoms. The zero-order valence-electron chi connectivity index (χ0n) is 11.0. The number of fused-ring (bicyclic) bond motifs is 1. The molecule has 18 heavy (non-hydrogen) atoms. The van der Waals surface area contributed by atoms with Crippen LogP contribution < -0.4 is 4.90 Å². The first-order valence-corrected chi connectivity index (χ1v) is 7.32. The Morgan fingerprint density at radius 1 is 1.06 bits per heavy atom. The molecule has 98 valence electrons. The molecule has 2 fully saturated rings. The van der Waals surface area contributed by atoms with Gasteiger partial charge in [0, 0.05) is 24.3 Å². The summed E-state index contributed by atoms with van der Waals surface area (Å²) < 4.78 is 0. The van der Waals surface area contributed by atoms with Crippen molar-refractivity contribution < 1.29 is 5.11 Å². The molecule has 2 aliphatic rings. The number of anilines is 1. The van der Waals surface area contributed by atoms with Gasteiger partial charge in [-0.2, -0.15) is 0 Å². The van der Waals surface area contributed by atoms with E-state index in [1.54, 1.807) is 0 Å². The fourth-order valence-electron chi connectivity index (χ4n) is 3.77. The van der Waals surface area contributed by atoms with E-state index in [0.29, 0.717) is 0 Å². The lowest BCUT2D eigenvalue weighted by Crippen LogP contribution is -2.42. The first-order chi connectivity index (χ1) is 8.88. The van der Waals surface area contributed by atoms with Gasteiger partial charge in [0.1, 0.15) is 0 Å². The third kappa shape index (κ3) is 2.26. The minimum absolute atomic E-state index is 0.154. The van der Waals surface area contributed by atoms with Gasteiger partial charge in [-0.05, 0) is 30.7 Å². The average molecular weight is 245 g/mol. The zero-order valence-corrected chi connectivity index (χ0v) is 11.0. The number of aliphatic hydroxyl groups excluding tert-OH is 1. The Bertz CT molecular complexity index is 404. The van der Waals surface area contributed by atoms with Gasteiger partial charge in [0.25, 0.3) is 0 Å². The van der Waals surface area contributed by atoms with Crippen LogP contribution >= 0.6 is 0 Å². The summed E-state index contributed by atoms with van der Waals surface area (Å²) in [4.78, 5) is 2.50. The van der Waals surface area contributed by atoms with Crippen LogP contribution in [0.3, 0.4) is 0 Å². The molecule has 1 saturated carbocycles. The Morgan fingerprint density at radius 2 is 1.83 bits per heavy atom. The van der Waals surface area contributed by atoms with Crippen LogP contribution in [0.15, 0.2) is 24.3 Å². The van der Waals surface area contributed by atoms with E-state index in [9.17, 15) is 5.11 Å². The summed E-state index contributed by atoms with van der Waals surface area (Å²) in [5.74, 6) is 1.86. The quantitative estimate of drug-likeness (QED) is 0.865. The molecule has 2 heteroatoms. The van der Waals surface area contributed by atoms with Gasteiger partial charge in [0.15, 0.2) is 0 Å². The summed E-state index contributed by atoms with van der Waals surface area (Å²) in [7, 11) is 0. The molecular formula is C16H23NO. The molecule has 2 nitrogen and oxygen atoms in total. The lowest BCUT2D eigenvalue weighted by molar-refractivity contribution is 0.202. The highest BCUT2D eigenvalue weighted by atomic mass is 16.3. The normalized spacial score (nSPS) is 27.9. The van der Waals surface area contributed by atoms with Gasteiger partial charge in [-0.25, -0.2) is 0 Å². The van der Waals surface area contributed by atoms with Crippen molar-refractivity contribution in [2.75, 3.05) is 18.0 Å². The smallest absolute Gasteiger partial charge is 0.0702 e. The van der Waals surface area contributed by atoms with Crippen molar-refractivity contribution in [3.8, 4) is 0 Å². The number of hydrogen-bond acceptors (Lipinski definition) is 2. The second-order valence-electron chi connectivity index (χ2n) is 5.83. The van der Waals surface area contributed by atoms with Crippen molar-refractivity contribution in [3.63, 3.8) is 0 Å². The summed E-state index contributed by atoms with van der Waals surface area (Å²) in [6, 6.07) is 8.31. The van der Waals surface area contributed by atoms with E-state index < -0.39 is 0 Å². The van der Waals surface area contributed by atoms with Crippen molar-refractivity contribution >= 4 is 5.69 Å². The Kier molecular flexibility index (Phi) is 3.55. The lowest BCUT2D eigenvalue weighted by atomic mass is 9.75. The van der Waals surface area contributed by atoms with Crippen LogP contribution in [-0.4, -0.2) is 18.2 Å². The molecule has 1 heterocycles. The minimum atomic E-state index is 0.154. The molecule has 1 saturated heterocycles. The molecule has 3 rings (SSSR count). The van der Waals surface area contributed by atoms with Crippen molar-refractivity contribution in [1.82, 2.24) is 0 Å². The molecule has 2 unspecified atom stereocenters. The third-order valence-electron chi connectivity index (χ3n) is 4.79. The van der Waals surface area contributed by atoms with Gasteiger partial charge in [-0.3, -0.25) is 0 Å². The molecule has 0 radical (unpaired) electrons. The van der Waals surface area contributed by atoms with E-state index in [1.165, 1.54) is 44.3 Å². The van der Waals surface area contributed by atoms with E-state index in [4.69, 9.17) is 0 Å². The van der Waals surface area contributed by atoms with Gasteiger partial charge in [0.05, 0.1) is 6.61 Å². The van der Waals surface area contributed by atoms with Crippen molar-refractivity contribution in [2.45, 2.75) is 38.7 Å². The van der Waals surface area contributed by atoms with Gasteiger partial charge in [-0.15, -0.1) is 0 Å². The number of para-hydroxylation sites is 1. The number of nitrogens with zero attached hydrogens (tertiary/aromatic N) is 1. The predicted octanol–water partition coefficient (Wildman–Crippen LogP) is 3.20. The summed E-state index contributed by atoms with van der Waals surface area (Å²) in [6.07, 6.45) is 7.04. The molecule has 1 aromatic rings. The van der Waals surface area contributed by atoms with E-state index in [1.807, 2.05) is 12.1 Å². The standard InChI is InChI=1S/C16H23NO/c18-12-15-7-3-4-8-16(15)17-10-9-13-5-1-2-6-14(13)11-17/h3-4,7-8,13-14,18H,1-2,5-6,9-12H2. The monoisotopic (exact) mass is 245 g/mol. The van der Waals surface area contributed by atoms with Gasteiger partial charge < -0.3 is 10.0 Å². The number of aliphatic hydroxyl groups is 1. The van der Waals surface area contributed by atoms with E-state index in [-0.39, 0.29) is 6.61 Å². The zero-order chi connectivity index (χ0) is 12.4. The Hall–Kier alpha value is -1.02. The molecule has 2 atom stereocenters. The first kappa shape index (κ1) is 12.0. The Balaban J connectivity index is 1.77. The second kappa shape index (κ2) is 5.31. The van der Waals surface area contributed by atoms with Crippen LogP contribution in [0.25, 0.3) is 0 Å². The van der Waals surface area contributed by atoms with Crippen LogP contribution in [-0.2, 0) is 6.61 Å². The van der Waals surface area contributed by atoms with Gasteiger partial charge in [-0.1, -0.05) is 37.5 Å². The van der Waals surface area contributed by atoms with Crippen molar-refractivity contribution in [3.05, 3.63) is 29.8 Å². The molecular weight excluding hydrogens is 222 g/mol. The first-order valence-electron chi connectivity index (χ1n) is 7.32. The maximum atomic E-state index is 9.45. The molecule has 1 aromatic carbocycles. The maximum Gasteiger partial charge on any atom is 0.0702 e. The summed E-state index contributed by atoms with van der Waals surface area (Å²) in [5, 5.41) is 9.45. The maximum absolute atomic E-state index is 9.45. The van der Waals surface area contributed by atoms with Crippen LogP contribution in [0.1, 0.15) is 37.7 Å². The molecule has 1 aliphatic heterocycles. The summed E-state index contributed by atoms with van der Waals surface area (Å²) in [6.45, 7) is 2.51. The lowest BCUT2D eigenvalue weighted by Gasteiger charge is -2.42. The number of hydrogen-bond donors (Lipinski definition) is 1. The van der Waals surface area contributed by atoms with Crippen LogP contribution in [0.5, 0.6) is 0 Å². The van der Waals surface area contributed by atoms with E-state index >= 15 is 0 Å². The minimum Gasteiger partial charge on any atom is -0.392 e. The largest absolute Gasteiger partial charge is 0.392 e. The molecule has 1 aliphatic carbocycles. The number of rotatable bonds is 2. The SMILES string of the molecule is OCc1ccccc1N1CCC2CCCCC2C1. The van der Waals surface area contributed by atoms with E-state index in [0.717, 1.165) is 23.9 Å². The Morgan fingerprint density at radius 3 is 2.67 bits per heavy atom. The van der Waals surface area contributed by atoms with Crippen LogP contribution in [0.2, 0.25) is 0 Å². The highest BCUT2D eigenvalue weighted by Crippen LogP contribution is 2.38. The third-order valence-corrected chi connectivity index (χ3v) is 4.79. The fraction of sp³-hybridized carbons (Fsp3) is 0.625. The Labute approximate surface area is 110 Å². The van der Waals surface area contributed by atoms with E-state index in [2.05, 4.69) is 17.0 Å². The van der Waals surface area contributed by atoms with Gasteiger partial charge >= 0.3 is 0 Å². The van der Waals surface area contributed by atoms with Crippen LogP contribution in [0.4, 0.5) is 5.69 Å².